The minimum absolute atomic E-state index is 0.0192. The number of ether oxygens (including phenoxy) is 3. The van der Waals surface area contributed by atoms with E-state index in [0.29, 0.717) is 17.2 Å². The highest BCUT2D eigenvalue weighted by Gasteiger charge is 2.27. The van der Waals surface area contributed by atoms with Crippen molar-refractivity contribution in [1.29, 1.82) is 0 Å². The summed E-state index contributed by atoms with van der Waals surface area (Å²) in [4.78, 5) is 13.6. The van der Waals surface area contributed by atoms with Crippen LogP contribution in [0.25, 0.3) is 11.1 Å². The molecule has 0 aliphatic heterocycles. The average Bonchev–Trinajstić information content (AvgIpc) is 2.97. The second-order valence-corrected chi connectivity index (χ2v) is 8.24. The molecular formula is C23H29NO4S. The highest BCUT2D eigenvalue weighted by molar-refractivity contribution is 7.99. The normalized spacial score (nSPS) is 15.1. The lowest BCUT2D eigenvalue weighted by Gasteiger charge is -2.19. The fraction of sp³-hybridized carbons (Fsp3) is 0.435. The van der Waals surface area contributed by atoms with Gasteiger partial charge in [0.05, 0.1) is 26.2 Å². The Morgan fingerprint density at radius 1 is 1.10 bits per heavy atom. The van der Waals surface area contributed by atoms with Crippen LogP contribution in [-0.4, -0.2) is 27.1 Å². The van der Waals surface area contributed by atoms with Crippen molar-refractivity contribution in [3.63, 3.8) is 0 Å². The zero-order valence-corrected chi connectivity index (χ0v) is 18.4. The third-order valence-corrected chi connectivity index (χ3v) is 6.44. The SMILES string of the molecule is CCCCSc1ccc2c(cc1=O)C(N)CCc1cc(OC)c(OC)c(OC)c1-2. The molecular weight excluding hydrogens is 386 g/mol. The van der Waals surface area contributed by atoms with Crippen molar-refractivity contribution >= 4 is 11.8 Å². The molecule has 2 aromatic carbocycles. The number of hydrogen-bond acceptors (Lipinski definition) is 6. The van der Waals surface area contributed by atoms with Crippen LogP contribution in [0, 0.1) is 0 Å². The van der Waals surface area contributed by atoms with Gasteiger partial charge in [-0.25, -0.2) is 0 Å². The maximum atomic E-state index is 12.9. The van der Waals surface area contributed by atoms with E-state index in [-0.39, 0.29) is 11.5 Å². The molecule has 3 rings (SSSR count). The molecule has 0 fully saturated rings. The lowest BCUT2D eigenvalue weighted by molar-refractivity contribution is 0.324. The number of aryl methyl sites for hydroxylation is 1. The van der Waals surface area contributed by atoms with Gasteiger partial charge in [0.2, 0.25) is 5.75 Å². The second-order valence-electron chi connectivity index (χ2n) is 7.10. The summed E-state index contributed by atoms with van der Waals surface area (Å²) in [7, 11) is 4.83. The first-order chi connectivity index (χ1) is 14.0. The summed E-state index contributed by atoms with van der Waals surface area (Å²) in [6.07, 6.45) is 3.68. The summed E-state index contributed by atoms with van der Waals surface area (Å²) in [5.41, 5.74) is 10.3. The van der Waals surface area contributed by atoms with Crippen LogP contribution in [0.15, 0.2) is 34.0 Å². The lowest BCUT2D eigenvalue weighted by Crippen LogP contribution is -2.12. The molecule has 0 saturated carbocycles. The van der Waals surface area contributed by atoms with Crippen molar-refractivity contribution in [2.75, 3.05) is 27.1 Å². The molecule has 156 valence electrons. The quantitative estimate of drug-likeness (QED) is 0.527. The van der Waals surface area contributed by atoms with E-state index in [2.05, 4.69) is 6.92 Å². The summed E-state index contributed by atoms with van der Waals surface area (Å²) >= 11 is 1.61. The van der Waals surface area contributed by atoms with E-state index < -0.39 is 0 Å². The van der Waals surface area contributed by atoms with Crippen molar-refractivity contribution < 1.29 is 14.2 Å². The zero-order valence-electron chi connectivity index (χ0n) is 17.5. The van der Waals surface area contributed by atoms with Gasteiger partial charge in [-0.3, -0.25) is 4.79 Å². The molecule has 0 amide bonds. The van der Waals surface area contributed by atoms with Crippen LogP contribution in [0.2, 0.25) is 0 Å². The highest BCUT2D eigenvalue weighted by Crippen LogP contribution is 2.49. The average molecular weight is 416 g/mol. The minimum atomic E-state index is -0.229. The smallest absolute Gasteiger partial charge is 0.203 e. The molecule has 1 aliphatic rings. The van der Waals surface area contributed by atoms with Crippen molar-refractivity contribution in [1.82, 2.24) is 0 Å². The van der Waals surface area contributed by atoms with E-state index in [0.717, 1.165) is 58.6 Å². The van der Waals surface area contributed by atoms with Gasteiger partial charge < -0.3 is 19.9 Å². The Kier molecular flexibility index (Phi) is 7.09. The Bertz CT molecular complexity index is 945. The summed E-state index contributed by atoms with van der Waals surface area (Å²) in [6.45, 7) is 2.15. The number of nitrogens with two attached hydrogens (primary N) is 1. The van der Waals surface area contributed by atoms with Crippen LogP contribution in [-0.2, 0) is 6.42 Å². The fourth-order valence-electron chi connectivity index (χ4n) is 3.77. The standard InChI is InChI=1S/C23H29NO4S/c1-5-6-11-29-20-10-8-15-16(13-18(20)25)17(24)9-7-14-12-19(26-2)22(27-3)23(28-4)21(14)15/h8,10,12-13,17H,5-7,9,11,24H2,1-4H3. The number of rotatable bonds is 7. The Balaban J connectivity index is 2.27. The van der Waals surface area contributed by atoms with Gasteiger partial charge in [0.1, 0.15) is 0 Å². The summed E-state index contributed by atoms with van der Waals surface area (Å²) in [6, 6.07) is 7.39. The molecule has 0 radical (unpaired) electrons. The van der Waals surface area contributed by atoms with Gasteiger partial charge >= 0.3 is 0 Å². The van der Waals surface area contributed by atoms with Crippen LogP contribution < -0.4 is 25.4 Å². The molecule has 2 N–H and O–H groups in total. The highest BCUT2D eigenvalue weighted by atomic mass is 32.2. The van der Waals surface area contributed by atoms with Gasteiger partial charge in [0.15, 0.2) is 16.9 Å². The fourth-order valence-corrected chi connectivity index (χ4v) is 4.79. The second kappa shape index (κ2) is 9.55. The van der Waals surface area contributed by atoms with E-state index in [1.165, 1.54) is 0 Å². The summed E-state index contributed by atoms with van der Waals surface area (Å²) in [5, 5.41) is 0. The first-order valence-corrected chi connectivity index (χ1v) is 10.9. The van der Waals surface area contributed by atoms with Crippen molar-refractivity contribution in [3.8, 4) is 28.4 Å². The number of benzene rings is 1. The van der Waals surface area contributed by atoms with Gasteiger partial charge in [0, 0.05) is 11.6 Å². The van der Waals surface area contributed by atoms with Crippen LogP contribution in [0.1, 0.15) is 43.4 Å². The molecule has 29 heavy (non-hydrogen) atoms. The first-order valence-electron chi connectivity index (χ1n) is 9.94. The van der Waals surface area contributed by atoms with Gasteiger partial charge in [-0.2, -0.15) is 0 Å². The van der Waals surface area contributed by atoms with Crippen LogP contribution in [0.4, 0.5) is 0 Å². The molecule has 0 aromatic heterocycles. The van der Waals surface area contributed by atoms with Crippen LogP contribution in [0.3, 0.4) is 0 Å². The molecule has 1 unspecified atom stereocenters. The summed E-state index contributed by atoms with van der Waals surface area (Å²) in [5.74, 6) is 2.70. The zero-order chi connectivity index (χ0) is 21.0. The van der Waals surface area contributed by atoms with E-state index in [1.807, 2.05) is 18.2 Å². The number of methoxy groups -OCH3 is 3. The number of fused-ring (bicyclic) bond motifs is 3. The van der Waals surface area contributed by atoms with Crippen molar-refractivity contribution in [2.45, 2.75) is 43.5 Å². The Labute approximate surface area is 176 Å². The molecule has 0 bridgehead atoms. The molecule has 2 aromatic rings. The first kappa shape index (κ1) is 21.5. The Morgan fingerprint density at radius 2 is 1.86 bits per heavy atom. The maximum Gasteiger partial charge on any atom is 0.203 e. The largest absolute Gasteiger partial charge is 0.493 e. The molecule has 1 aliphatic carbocycles. The van der Waals surface area contributed by atoms with Crippen LogP contribution >= 0.6 is 11.8 Å². The van der Waals surface area contributed by atoms with Gasteiger partial charge in [-0.1, -0.05) is 19.4 Å². The lowest BCUT2D eigenvalue weighted by atomic mass is 9.95. The molecule has 6 heteroatoms. The van der Waals surface area contributed by atoms with E-state index in [4.69, 9.17) is 19.9 Å². The van der Waals surface area contributed by atoms with Crippen molar-refractivity contribution in [3.05, 3.63) is 45.6 Å². The Hall–Kier alpha value is -2.18. The van der Waals surface area contributed by atoms with Gasteiger partial charge in [0.25, 0.3) is 0 Å². The van der Waals surface area contributed by atoms with E-state index in [9.17, 15) is 4.79 Å². The molecule has 5 nitrogen and oxygen atoms in total. The molecule has 0 heterocycles. The van der Waals surface area contributed by atoms with Crippen LogP contribution in [0.5, 0.6) is 17.2 Å². The Morgan fingerprint density at radius 3 is 2.52 bits per heavy atom. The van der Waals surface area contributed by atoms with Gasteiger partial charge in [-0.05, 0) is 59.9 Å². The number of unbranched alkanes of at least 4 members (excludes halogenated alkanes) is 1. The maximum absolute atomic E-state index is 12.9. The number of thioether (sulfide) groups is 1. The summed E-state index contributed by atoms with van der Waals surface area (Å²) < 4.78 is 16.9. The topological polar surface area (TPSA) is 70.8 Å². The molecule has 1 atom stereocenters. The predicted molar refractivity (Wildman–Crippen MR) is 119 cm³/mol. The van der Waals surface area contributed by atoms with E-state index >= 15 is 0 Å². The minimum Gasteiger partial charge on any atom is -0.493 e. The molecule has 0 spiro atoms. The molecule has 0 saturated heterocycles. The predicted octanol–water partition coefficient (Wildman–Crippen LogP) is 4.58. The number of hydrogen-bond donors (Lipinski definition) is 1. The van der Waals surface area contributed by atoms with Gasteiger partial charge in [-0.15, -0.1) is 11.8 Å². The van der Waals surface area contributed by atoms with Crippen molar-refractivity contribution in [2.24, 2.45) is 5.73 Å². The third kappa shape index (κ3) is 4.23. The third-order valence-electron chi connectivity index (χ3n) is 5.30. The van der Waals surface area contributed by atoms with E-state index in [1.54, 1.807) is 39.2 Å². The monoisotopic (exact) mass is 415 g/mol.